The molecule has 1 saturated heterocycles. The van der Waals surface area contributed by atoms with E-state index in [0.29, 0.717) is 29.5 Å². The van der Waals surface area contributed by atoms with Crippen molar-refractivity contribution < 1.29 is 9.21 Å². The van der Waals surface area contributed by atoms with Crippen LogP contribution in [0.25, 0.3) is 11.3 Å². The SMILES string of the molecule is CCC1CN(Cc2ccccc2)CCN1C(=O)CCc1ncc(-c2ccccc2Cl)o1. The topological polar surface area (TPSA) is 49.6 Å². The molecule has 0 aliphatic carbocycles. The molecule has 1 aliphatic rings. The summed E-state index contributed by atoms with van der Waals surface area (Å²) < 4.78 is 5.85. The van der Waals surface area contributed by atoms with Gasteiger partial charge in [0.2, 0.25) is 5.91 Å². The van der Waals surface area contributed by atoms with Gasteiger partial charge in [0.25, 0.3) is 0 Å². The predicted octanol–water partition coefficient (Wildman–Crippen LogP) is 5.05. The van der Waals surface area contributed by atoms with Gasteiger partial charge in [-0.15, -0.1) is 0 Å². The second kappa shape index (κ2) is 10.1. The van der Waals surface area contributed by atoms with Crippen LogP contribution < -0.4 is 0 Å². The van der Waals surface area contributed by atoms with E-state index in [1.807, 2.05) is 35.2 Å². The van der Waals surface area contributed by atoms with Crippen LogP contribution in [0, 0.1) is 0 Å². The van der Waals surface area contributed by atoms with E-state index in [1.54, 1.807) is 6.20 Å². The number of amides is 1. The molecule has 0 N–H and O–H groups in total. The molecule has 0 saturated carbocycles. The Bertz CT molecular complexity index is 1000. The monoisotopic (exact) mass is 437 g/mol. The Morgan fingerprint density at radius 3 is 2.68 bits per heavy atom. The number of carbonyl (C=O) groups excluding carboxylic acids is 1. The van der Waals surface area contributed by atoms with Gasteiger partial charge in [-0.3, -0.25) is 9.69 Å². The van der Waals surface area contributed by atoms with Gasteiger partial charge in [-0.2, -0.15) is 0 Å². The van der Waals surface area contributed by atoms with Crippen LogP contribution in [0.2, 0.25) is 5.02 Å². The lowest BCUT2D eigenvalue weighted by Crippen LogP contribution is -2.54. The number of aryl methyl sites for hydroxylation is 1. The van der Waals surface area contributed by atoms with Crippen LogP contribution in [0.3, 0.4) is 0 Å². The minimum atomic E-state index is 0.170. The summed E-state index contributed by atoms with van der Waals surface area (Å²) in [6.45, 7) is 5.65. The molecule has 4 rings (SSSR count). The van der Waals surface area contributed by atoms with E-state index >= 15 is 0 Å². The van der Waals surface area contributed by atoms with Crippen molar-refractivity contribution in [2.45, 2.75) is 38.8 Å². The number of carbonyl (C=O) groups is 1. The van der Waals surface area contributed by atoms with Crippen molar-refractivity contribution in [3.63, 3.8) is 0 Å². The summed E-state index contributed by atoms with van der Waals surface area (Å²) in [6, 6.07) is 18.3. The molecule has 5 nitrogen and oxygen atoms in total. The van der Waals surface area contributed by atoms with Crippen LogP contribution >= 0.6 is 11.6 Å². The normalized spacial score (nSPS) is 17.1. The van der Waals surface area contributed by atoms with Gasteiger partial charge in [0.1, 0.15) is 0 Å². The van der Waals surface area contributed by atoms with Gasteiger partial charge in [0.05, 0.1) is 11.2 Å². The summed E-state index contributed by atoms with van der Waals surface area (Å²) >= 11 is 6.24. The Kier molecular flexibility index (Phi) is 7.05. The Labute approximate surface area is 188 Å². The molecule has 2 aromatic carbocycles. The fourth-order valence-corrected chi connectivity index (χ4v) is 4.38. The fraction of sp³-hybridized carbons (Fsp3) is 0.360. The Morgan fingerprint density at radius 2 is 1.90 bits per heavy atom. The van der Waals surface area contributed by atoms with Crippen molar-refractivity contribution in [3.8, 4) is 11.3 Å². The highest BCUT2D eigenvalue weighted by molar-refractivity contribution is 6.33. The highest BCUT2D eigenvalue weighted by atomic mass is 35.5. The van der Waals surface area contributed by atoms with E-state index in [-0.39, 0.29) is 11.9 Å². The standard InChI is InChI=1S/C25H28ClN3O2/c1-2-20-18-28(17-19-8-4-3-5-9-19)14-15-29(20)25(30)13-12-24-27-16-23(31-24)21-10-6-7-11-22(21)26/h3-11,16,20H,2,12-15,17-18H2,1H3. The van der Waals surface area contributed by atoms with E-state index < -0.39 is 0 Å². The van der Waals surface area contributed by atoms with E-state index in [9.17, 15) is 4.79 Å². The number of hydrogen-bond acceptors (Lipinski definition) is 4. The zero-order valence-corrected chi connectivity index (χ0v) is 18.6. The van der Waals surface area contributed by atoms with Gasteiger partial charge >= 0.3 is 0 Å². The molecular formula is C25H28ClN3O2. The largest absolute Gasteiger partial charge is 0.441 e. The molecule has 0 radical (unpaired) electrons. The third-order valence-electron chi connectivity index (χ3n) is 5.85. The third-order valence-corrected chi connectivity index (χ3v) is 6.18. The van der Waals surface area contributed by atoms with Gasteiger partial charge in [0.15, 0.2) is 11.7 Å². The predicted molar refractivity (Wildman–Crippen MR) is 123 cm³/mol. The van der Waals surface area contributed by atoms with Gasteiger partial charge in [-0.25, -0.2) is 4.98 Å². The molecule has 3 aromatic rings. The zero-order valence-electron chi connectivity index (χ0n) is 17.8. The lowest BCUT2D eigenvalue weighted by Gasteiger charge is -2.41. The summed E-state index contributed by atoms with van der Waals surface area (Å²) in [6.07, 6.45) is 3.52. The van der Waals surface area contributed by atoms with Crippen LogP contribution in [-0.4, -0.2) is 46.4 Å². The number of halogens is 1. The molecule has 0 bridgehead atoms. The number of hydrogen-bond donors (Lipinski definition) is 0. The van der Waals surface area contributed by atoms with E-state index in [0.717, 1.165) is 38.2 Å². The number of rotatable bonds is 7. The maximum atomic E-state index is 13.0. The van der Waals surface area contributed by atoms with Gasteiger partial charge < -0.3 is 9.32 Å². The zero-order chi connectivity index (χ0) is 21.6. The van der Waals surface area contributed by atoms with Gasteiger partial charge in [0, 0.05) is 50.6 Å². The number of oxazole rings is 1. The quantitative estimate of drug-likeness (QED) is 0.519. The minimum absolute atomic E-state index is 0.170. The lowest BCUT2D eigenvalue weighted by atomic mass is 10.1. The van der Waals surface area contributed by atoms with Gasteiger partial charge in [-0.05, 0) is 24.1 Å². The van der Waals surface area contributed by atoms with E-state index in [2.05, 4.69) is 41.1 Å². The summed E-state index contributed by atoms with van der Waals surface area (Å²) in [4.78, 5) is 21.8. The fourth-order valence-electron chi connectivity index (χ4n) is 4.15. The van der Waals surface area contributed by atoms with Crippen LogP contribution in [0.5, 0.6) is 0 Å². The molecule has 162 valence electrons. The number of aromatic nitrogens is 1. The van der Waals surface area contributed by atoms with Crippen LogP contribution in [0.1, 0.15) is 31.2 Å². The maximum absolute atomic E-state index is 13.0. The van der Waals surface area contributed by atoms with Crippen molar-refractivity contribution in [1.82, 2.24) is 14.8 Å². The molecule has 1 atom stereocenters. The third kappa shape index (κ3) is 5.35. The maximum Gasteiger partial charge on any atom is 0.223 e. The highest BCUT2D eigenvalue weighted by Gasteiger charge is 2.29. The Balaban J connectivity index is 1.32. The first kappa shape index (κ1) is 21.6. The van der Waals surface area contributed by atoms with Crippen molar-refractivity contribution in [2.24, 2.45) is 0 Å². The molecule has 1 aromatic heterocycles. The first-order valence-corrected chi connectivity index (χ1v) is 11.3. The van der Waals surface area contributed by atoms with Crippen molar-refractivity contribution in [1.29, 1.82) is 0 Å². The highest BCUT2D eigenvalue weighted by Crippen LogP contribution is 2.28. The molecule has 1 unspecified atom stereocenters. The number of piperazine rings is 1. The Morgan fingerprint density at radius 1 is 1.13 bits per heavy atom. The Hall–Kier alpha value is -2.63. The second-order valence-electron chi connectivity index (χ2n) is 7.97. The first-order chi connectivity index (χ1) is 15.1. The summed E-state index contributed by atoms with van der Waals surface area (Å²) in [5.41, 5.74) is 2.13. The van der Waals surface area contributed by atoms with Crippen LogP contribution in [0.15, 0.2) is 65.2 Å². The molecule has 1 fully saturated rings. The molecule has 31 heavy (non-hydrogen) atoms. The van der Waals surface area contributed by atoms with Gasteiger partial charge in [-0.1, -0.05) is 61.0 Å². The van der Waals surface area contributed by atoms with Crippen molar-refractivity contribution >= 4 is 17.5 Å². The summed E-state index contributed by atoms with van der Waals surface area (Å²) in [5.74, 6) is 1.37. The number of benzene rings is 2. The molecule has 2 heterocycles. The second-order valence-corrected chi connectivity index (χ2v) is 8.38. The lowest BCUT2D eigenvalue weighted by molar-refractivity contribution is -0.136. The van der Waals surface area contributed by atoms with E-state index in [4.69, 9.17) is 16.0 Å². The molecular weight excluding hydrogens is 410 g/mol. The van der Waals surface area contributed by atoms with Crippen molar-refractivity contribution in [3.05, 3.63) is 77.3 Å². The molecule has 0 spiro atoms. The molecule has 1 amide bonds. The van der Waals surface area contributed by atoms with Crippen LogP contribution in [-0.2, 0) is 17.8 Å². The summed E-state index contributed by atoms with van der Waals surface area (Å²) in [5, 5.41) is 0.625. The molecule has 1 aliphatic heterocycles. The summed E-state index contributed by atoms with van der Waals surface area (Å²) in [7, 11) is 0. The average Bonchev–Trinajstić information content (AvgIpc) is 3.27. The van der Waals surface area contributed by atoms with E-state index in [1.165, 1.54) is 5.56 Å². The minimum Gasteiger partial charge on any atom is -0.441 e. The average molecular weight is 438 g/mol. The number of nitrogens with zero attached hydrogens (tertiary/aromatic N) is 3. The smallest absolute Gasteiger partial charge is 0.223 e. The van der Waals surface area contributed by atoms with Crippen molar-refractivity contribution in [2.75, 3.05) is 19.6 Å². The van der Waals surface area contributed by atoms with Crippen LogP contribution in [0.4, 0.5) is 0 Å². The molecule has 6 heteroatoms. The first-order valence-electron chi connectivity index (χ1n) is 10.9.